The van der Waals surface area contributed by atoms with Crippen molar-refractivity contribution in [3.8, 4) is 23.7 Å². The Labute approximate surface area is 589 Å². The van der Waals surface area contributed by atoms with Crippen molar-refractivity contribution in [3.63, 3.8) is 0 Å². The number of nitrogens with one attached hydrogen (secondary N) is 2. The van der Waals surface area contributed by atoms with Crippen LogP contribution in [0.5, 0.6) is 0 Å². The summed E-state index contributed by atoms with van der Waals surface area (Å²) >= 11 is 1.56. The molecule has 29 heteroatoms. The molecule has 2 fully saturated rings. The Hall–Kier alpha value is -8.76. The molecule has 4 aromatic heterocycles. The van der Waals surface area contributed by atoms with Crippen LogP contribution in [0.1, 0.15) is 78.0 Å². The molecular weight excluding hydrogens is 1360 g/mol. The van der Waals surface area contributed by atoms with E-state index in [-0.39, 0.29) is 41.6 Å². The van der Waals surface area contributed by atoms with Gasteiger partial charge in [-0.2, -0.15) is 26.3 Å². The lowest BCUT2D eigenvalue weighted by atomic mass is 10.2. The van der Waals surface area contributed by atoms with Crippen molar-refractivity contribution >= 4 is 107 Å². The minimum Gasteiger partial charge on any atom is -0.405 e. The van der Waals surface area contributed by atoms with E-state index in [4.69, 9.17) is 23.1 Å². The van der Waals surface area contributed by atoms with E-state index < -0.39 is 84.7 Å². The number of aliphatic hydroxyl groups is 1. The second-order valence-electron chi connectivity index (χ2n) is 26.4. The van der Waals surface area contributed by atoms with Crippen molar-refractivity contribution < 1.29 is 64.1 Å². The number of fused-ring (bicyclic) bond motifs is 2. The average molecular weight is 1450 g/mol. The molecule has 6 unspecified atom stereocenters. The maximum atomic E-state index is 12.7. The first-order valence-corrected chi connectivity index (χ1v) is 37.6. The van der Waals surface area contributed by atoms with E-state index in [9.17, 15) is 41.0 Å². The molecule has 6 atom stereocenters. The first-order chi connectivity index (χ1) is 48.0. The highest BCUT2D eigenvalue weighted by Gasteiger charge is 2.53. The third-order valence-electron chi connectivity index (χ3n) is 16.8. The third kappa shape index (κ3) is 17.9. The minimum absolute atomic E-state index is 0.128. The standard InChI is InChI=1S/C37H43F3N6O4SSi.C35H39F3N6O4Si/c1-36(2,3)52(27-15-9-7-10-16-27,28-17-11-8-12-18-28)49-22-30-29(48-25-51-6)20-31(50-30)46-21-26(14-13-19-41-35(47)37(38,39)40)32-33(44-24-45(4)5)42-23-43-34(32)46;1-34(2,3)49(25-14-8-6-9-15-25,26-16-10-7-11-17-26)47-21-28-27(45)19-29(48-28)44-20-24(13-12-18-39-33(46)35(36,37)38)30-31(42-23-43(4)5)40-22-41-32(30)44/h7-12,15-18,21,23-24,29-31H,19-20,22,25H2,1-6H3,(H,41,47);6-11,14-17,20,22-23,27-29,45H,18-19,21H2,1-5H3,(H,39,46). The number of ether oxygens (including phenoxy) is 3. The van der Waals surface area contributed by atoms with Gasteiger partial charge < -0.3 is 57.7 Å². The number of aliphatic hydroxyl groups excluding tert-OH is 1. The Morgan fingerprint density at radius 3 is 1.33 bits per heavy atom. The Morgan fingerprint density at radius 2 is 0.970 bits per heavy atom. The number of amides is 2. The number of carbonyl (C=O) groups excluding carboxylic acids is 2. The summed E-state index contributed by atoms with van der Waals surface area (Å²) in [5.41, 5.74) is 1.68. The molecule has 2 amide bonds. The van der Waals surface area contributed by atoms with Gasteiger partial charge in [0.25, 0.3) is 16.6 Å². The van der Waals surface area contributed by atoms with Crippen LogP contribution in [0.2, 0.25) is 10.1 Å². The van der Waals surface area contributed by atoms with Crippen molar-refractivity contribution in [1.29, 1.82) is 0 Å². The smallest absolute Gasteiger partial charge is 0.405 e. The van der Waals surface area contributed by atoms with Crippen LogP contribution in [-0.4, -0.2) is 189 Å². The van der Waals surface area contributed by atoms with E-state index in [2.05, 4.69) is 144 Å². The average Bonchev–Trinajstić information content (AvgIpc) is 1.74. The van der Waals surface area contributed by atoms with Crippen molar-refractivity contribution in [2.45, 2.75) is 114 Å². The number of benzene rings is 4. The van der Waals surface area contributed by atoms with E-state index in [0.717, 1.165) is 20.7 Å². The zero-order valence-corrected chi connectivity index (χ0v) is 60.7. The Kier molecular flexibility index (Phi) is 24.9. The molecule has 10 rings (SSSR count). The molecule has 2 aliphatic heterocycles. The second kappa shape index (κ2) is 32.9. The summed E-state index contributed by atoms with van der Waals surface area (Å²) in [6.07, 6.45) is -1.68. The second-order valence-corrected chi connectivity index (χ2v) is 35.9. The molecule has 8 aromatic rings. The summed E-state index contributed by atoms with van der Waals surface area (Å²) in [6.45, 7) is 12.5. The van der Waals surface area contributed by atoms with Gasteiger partial charge in [0.2, 0.25) is 0 Å². The number of thioether (sulfide) groups is 1. The molecule has 0 aliphatic carbocycles. The summed E-state index contributed by atoms with van der Waals surface area (Å²) in [5.74, 6) is 7.83. The normalized spacial score (nSPS) is 18.2. The summed E-state index contributed by atoms with van der Waals surface area (Å²) in [4.78, 5) is 52.7. The molecule has 4 aromatic carbocycles. The lowest BCUT2D eigenvalue weighted by Gasteiger charge is -2.43. The number of rotatable bonds is 21. The quantitative estimate of drug-likeness (QED) is 0.0153. The first kappa shape index (κ1) is 76.4. The fraction of sp³-hybridized carbons (Fsp3) is 0.389. The van der Waals surface area contributed by atoms with Crippen molar-refractivity contribution in [2.75, 3.05) is 66.7 Å². The highest BCUT2D eigenvalue weighted by Crippen LogP contribution is 2.43. The fourth-order valence-corrected chi connectivity index (χ4v) is 21.8. The van der Waals surface area contributed by atoms with Crippen LogP contribution in [0.15, 0.2) is 156 Å². The Morgan fingerprint density at radius 1 is 0.604 bits per heavy atom. The van der Waals surface area contributed by atoms with Gasteiger partial charge in [-0.25, -0.2) is 29.9 Å². The zero-order valence-electron chi connectivity index (χ0n) is 57.9. The van der Waals surface area contributed by atoms with Crippen LogP contribution in [0.3, 0.4) is 0 Å². The predicted octanol–water partition coefficient (Wildman–Crippen LogP) is 9.16. The molecule has 0 spiro atoms. The van der Waals surface area contributed by atoms with Crippen LogP contribution >= 0.6 is 11.8 Å². The molecule has 0 saturated carbocycles. The number of alkyl halides is 6. The van der Waals surface area contributed by atoms with Gasteiger partial charge in [0, 0.05) is 53.4 Å². The summed E-state index contributed by atoms with van der Waals surface area (Å²) < 4.78 is 114. The topological polar surface area (TPSA) is 217 Å². The van der Waals surface area contributed by atoms with Crippen LogP contribution in [-0.2, 0) is 32.7 Å². The van der Waals surface area contributed by atoms with Gasteiger partial charge in [0.05, 0.1) is 79.0 Å². The molecule has 0 radical (unpaired) electrons. The molecule has 2 aliphatic rings. The number of aliphatic imine (C=N–C) groups is 2. The minimum atomic E-state index is -5.02. The van der Waals surface area contributed by atoms with Gasteiger partial charge in [-0.15, -0.1) is 11.8 Å². The van der Waals surface area contributed by atoms with Crippen LogP contribution in [0.25, 0.3) is 22.1 Å². The highest BCUT2D eigenvalue weighted by atomic mass is 32.2. The van der Waals surface area contributed by atoms with E-state index in [0.29, 0.717) is 51.4 Å². The van der Waals surface area contributed by atoms with Gasteiger partial charge in [-0.3, -0.25) is 9.59 Å². The summed E-state index contributed by atoms with van der Waals surface area (Å²) in [7, 11) is 1.41. The van der Waals surface area contributed by atoms with Gasteiger partial charge in [0.1, 0.15) is 48.6 Å². The predicted molar refractivity (Wildman–Crippen MR) is 384 cm³/mol. The molecule has 101 heavy (non-hydrogen) atoms. The number of nitrogens with zero attached hydrogens (tertiary/aromatic N) is 10. The van der Waals surface area contributed by atoms with E-state index >= 15 is 0 Å². The van der Waals surface area contributed by atoms with Crippen molar-refractivity contribution in [3.05, 3.63) is 158 Å². The summed E-state index contributed by atoms with van der Waals surface area (Å²) in [5, 5.41) is 19.8. The maximum absolute atomic E-state index is 12.7. The maximum Gasteiger partial charge on any atom is 0.471 e. The molecule has 3 N–H and O–H groups in total. The third-order valence-corrected chi connectivity index (χ3v) is 27.2. The van der Waals surface area contributed by atoms with Crippen molar-refractivity contribution in [2.24, 2.45) is 9.98 Å². The van der Waals surface area contributed by atoms with Crippen LogP contribution in [0.4, 0.5) is 38.0 Å². The fourth-order valence-electron chi connectivity index (χ4n) is 12.4. The monoisotopic (exact) mass is 1440 g/mol. The molecule has 0 bridgehead atoms. The summed E-state index contributed by atoms with van der Waals surface area (Å²) in [6, 6.07) is 41.1. The molecule has 20 nitrogen and oxygen atoms in total. The number of hydrogen-bond acceptors (Lipinski definition) is 15. The van der Waals surface area contributed by atoms with Crippen LogP contribution in [0, 0.1) is 23.7 Å². The SMILES string of the molecule is CN(C)C=Nc1ncnc2c1c(C#CCNC(=O)C(F)(F)F)cn2C1CC(O)C(CO[Si](c2ccccc2)(c2ccccc2)C(C)(C)C)O1.CSCOC1CC(n2cc(C#CCNC(=O)C(F)(F)F)c3c(N=CN(C)C)ncnc32)OC1CO[Si](c1ccccc1)(c1ccccc1)C(C)(C)C. The van der Waals surface area contributed by atoms with Gasteiger partial charge >= 0.3 is 24.2 Å². The van der Waals surface area contributed by atoms with Gasteiger partial charge in [-0.05, 0) is 37.1 Å². The lowest BCUT2D eigenvalue weighted by molar-refractivity contribution is -0.173. The Bertz CT molecular complexity index is 4230. The number of halogens is 6. The Balaban J connectivity index is 0.000000236. The van der Waals surface area contributed by atoms with Crippen molar-refractivity contribution in [1.82, 2.24) is 49.5 Å². The van der Waals surface area contributed by atoms with E-state index in [1.807, 2.05) is 97.7 Å². The molecule has 2 saturated heterocycles. The highest BCUT2D eigenvalue weighted by molar-refractivity contribution is 7.98. The zero-order chi connectivity index (χ0) is 72.9. The van der Waals surface area contributed by atoms with Gasteiger partial charge in [-0.1, -0.05) is 187 Å². The molecular formula is C72H82F6N12O8SSi2. The largest absolute Gasteiger partial charge is 0.471 e. The number of hydrogen-bond donors (Lipinski definition) is 3. The number of carbonyl (C=O) groups is 2. The first-order valence-electron chi connectivity index (χ1n) is 32.4. The number of aromatic nitrogens is 6. The molecule has 534 valence electrons. The van der Waals surface area contributed by atoms with E-state index in [1.54, 1.807) is 75.9 Å². The van der Waals surface area contributed by atoms with E-state index in [1.165, 1.54) is 12.7 Å². The molecule has 6 heterocycles. The lowest BCUT2D eigenvalue weighted by Crippen LogP contribution is -2.67. The van der Waals surface area contributed by atoms with Crippen LogP contribution < -0.4 is 31.4 Å². The van der Waals surface area contributed by atoms with Gasteiger partial charge in [0.15, 0.2) is 11.6 Å².